The van der Waals surface area contributed by atoms with Crippen LogP contribution in [0.5, 0.6) is 11.5 Å². The van der Waals surface area contributed by atoms with Crippen LogP contribution >= 0.6 is 0 Å². The second-order valence-electron chi connectivity index (χ2n) is 8.08. The van der Waals surface area contributed by atoms with Gasteiger partial charge in [-0.05, 0) is 67.8 Å². The standard InChI is InChI=1S/C25H26N2O5S/c1-17-5-9-21(10-6-17)33(29,30)27(22-12-18(2)4-7-19(22)3)15-25(28)26-14-20-8-11-23-24(13-20)32-16-31-23/h4-13H,14-16H2,1-3H3,(H,26,28). The van der Waals surface area contributed by atoms with Crippen LogP contribution in [-0.2, 0) is 21.4 Å². The van der Waals surface area contributed by atoms with E-state index in [9.17, 15) is 13.2 Å². The fourth-order valence-electron chi connectivity index (χ4n) is 3.56. The molecule has 1 heterocycles. The minimum Gasteiger partial charge on any atom is -0.454 e. The Balaban J connectivity index is 1.58. The molecule has 0 fully saturated rings. The van der Waals surface area contributed by atoms with Crippen molar-refractivity contribution in [1.29, 1.82) is 0 Å². The van der Waals surface area contributed by atoms with Crippen molar-refractivity contribution in [3.05, 3.63) is 82.9 Å². The summed E-state index contributed by atoms with van der Waals surface area (Å²) < 4.78 is 39.0. The number of amides is 1. The van der Waals surface area contributed by atoms with E-state index < -0.39 is 15.9 Å². The van der Waals surface area contributed by atoms with Crippen LogP contribution in [0, 0.1) is 20.8 Å². The number of hydrogen-bond acceptors (Lipinski definition) is 5. The van der Waals surface area contributed by atoms with Crippen molar-refractivity contribution in [2.24, 2.45) is 0 Å². The predicted octanol–water partition coefficient (Wildman–Crippen LogP) is 3.85. The molecule has 0 radical (unpaired) electrons. The van der Waals surface area contributed by atoms with Crippen LogP contribution in [0.4, 0.5) is 5.69 Å². The second-order valence-corrected chi connectivity index (χ2v) is 9.94. The summed E-state index contributed by atoms with van der Waals surface area (Å²) in [5, 5.41) is 2.82. The average molecular weight is 467 g/mol. The molecule has 1 aliphatic heterocycles. The zero-order chi connectivity index (χ0) is 23.6. The first-order valence-corrected chi connectivity index (χ1v) is 12.0. The van der Waals surface area contributed by atoms with Gasteiger partial charge in [0.2, 0.25) is 12.7 Å². The Kier molecular flexibility index (Phi) is 6.29. The molecule has 1 amide bonds. The van der Waals surface area contributed by atoms with Crippen molar-refractivity contribution in [3.8, 4) is 11.5 Å². The summed E-state index contributed by atoms with van der Waals surface area (Å²) in [5.74, 6) is 0.875. The maximum atomic E-state index is 13.6. The first-order chi connectivity index (χ1) is 15.7. The topological polar surface area (TPSA) is 84.9 Å². The summed E-state index contributed by atoms with van der Waals surface area (Å²) in [6.07, 6.45) is 0. The van der Waals surface area contributed by atoms with Gasteiger partial charge in [0.15, 0.2) is 11.5 Å². The Hall–Kier alpha value is -3.52. The average Bonchev–Trinajstić information content (AvgIpc) is 3.26. The number of aryl methyl sites for hydroxylation is 3. The third-order valence-corrected chi connectivity index (χ3v) is 7.23. The third kappa shape index (κ3) is 4.96. The van der Waals surface area contributed by atoms with Gasteiger partial charge < -0.3 is 14.8 Å². The number of carbonyl (C=O) groups excluding carboxylic acids is 1. The van der Waals surface area contributed by atoms with Crippen molar-refractivity contribution in [1.82, 2.24) is 5.32 Å². The monoisotopic (exact) mass is 466 g/mol. The van der Waals surface area contributed by atoms with Gasteiger partial charge in [-0.2, -0.15) is 0 Å². The number of nitrogens with one attached hydrogen (secondary N) is 1. The van der Waals surface area contributed by atoms with E-state index in [1.807, 2.05) is 39.0 Å². The highest BCUT2D eigenvalue weighted by Gasteiger charge is 2.28. The van der Waals surface area contributed by atoms with Crippen molar-refractivity contribution in [2.75, 3.05) is 17.6 Å². The Morgan fingerprint density at radius 3 is 2.36 bits per heavy atom. The molecule has 3 aromatic carbocycles. The highest BCUT2D eigenvalue weighted by molar-refractivity contribution is 7.92. The van der Waals surface area contributed by atoms with Crippen molar-refractivity contribution < 1.29 is 22.7 Å². The molecular formula is C25H26N2O5S. The fourth-order valence-corrected chi connectivity index (χ4v) is 5.04. The van der Waals surface area contributed by atoms with E-state index in [-0.39, 0.29) is 24.8 Å². The van der Waals surface area contributed by atoms with Gasteiger partial charge in [-0.1, -0.05) is 35.9 Å². The van der Waals surface area contributed by atoms with Gasteiger partial charge in [0, 0.05) is 6.54 Å². The van der Waals surface area contributed by atoms with E-state index >= 15 is 0 Å². The molecule has 0 spiro atoms. The quantitative estimate of drug-likeness (QED) is 0.572. The van der Waals surface area contributed by atoms with Gasteiger partial charge in [0.25, 0.3) is 10.0 Å². The molecule has 0 saturated heterocycles. The van der Waals surface area contributed by atoms with Gasteiger partial charge in [0.05, 0.1) is 10.6 Å². The maximum Gasteiger partial charge on any atom is 0.264 e. The summed E-state index contributed by atoms with van der Waals surface area (Å²) in [6, 6.07) is 17.6. The summed E-state index contributed by atoms with van der Waals surface area (Å²) in [4.78, 5) is 13.0. The lowest BCUT2D eigenvalue weighted by atomic mass is 10.1. The molecule has 0 bridgehead atoms. The molecule has 4 rings (SSSR count). The van der Waals surface area contributed by atoms with E-state index in [2.05, 4.69) is 5.32 Å². The lowest BCUT2D eigenvalue weighted by Crippen LogP contribution is -2.41. The molecular weight excluding hydrogens is 440 g/mol. The Labute approximate surface area is 194 Å². The fraction of sp³-hybridized carbons (Fsp3) is 0.240. The second kappa shape index (κ2) is 9.15. The third-order valence-electron chi connectivity index (χ3n) is 5.46. The first-order valence-electron chi connectivity index (χ1n) is 10.6. The van der Waals surface area contributed by atoms with E-state index in [1.165, 1.54) is 4.31 Å². The smallest absolute Gasteiger partial charge is 0.264 e. The van der Waals surface area contributed by atoms with E-state index in [0.29, 0.717) is 17.2 Å². The van der Waals surface area contributed by atoms with Gasteiger partial charge in [-0.25, -0.2) is 8.42 Å². The number of hydrogen-bond donors (Lipinski definition) is 1. The molecule has 172 valence electrons. The molecule has 3 aromatic rings. The minimum absolute atomic E-state index is 0.137. The zero-order valence-electron chi connectivity index (χ0n) is 18.8. The Morgan fingerprint density at radius 2 is 1.61 bits per heavy atom. The number of rotatable bonds is 7. The van der Waals surface area contributed by atoms with Crippen LogP contribution in [0.3, 0.4) is 0 Å². The number of carbonyl (C=O) groups is 1. The van der Waals surface area contributed by atoms with Gasteiger partial charge in [-0.3, -0.25) is 9.10 Å². The molecule has 7 nitrogen and oxygen atoms in total. The number of sulfonamides is 1. The highest BCUT2D eigenvalue weighted by Crippen LogP contribution is 2.32. The lowest BCUT2D eigenvalue weighted by Gasteiger charge is -2.26. The number of anilines is 1. The Morgan fingerprint density at radius 1 is 0.909 bits per heavy atom. The van der Waals surface area contributed by atoms with Crippen LogP contribution in [0.15, 0.2) is 65.6 Å². The van der Waals surface area contributed by atoms with E-state index in [4.69, 9.17) is 9.47 Å². The summed E-state index contributed by atoms with van der Waals surface area (Å²) in [5.41, 5.74) is 3.93. The van der Waals surface area contributed by atoms with Crippen molar-refractivity contribution in [2.45, 2.75) is 32.2 Å². The number of nitrogens with zero attached hydrogens (tertiary/aromatic N) is 1. The molecule has 0 aromatic heterocycles. The number of ether oxygens (including phenoxy) is 2. The van der Waals surface area contributed by atoms with Crippen LogP contribution in [0.1, 0.15) is 22.3 Å². The zero-order valence-corrected chi connectivity index (χ0v) is 19.6. The van der Waals surface area contributed by atoms with Crippen molar-refractivity contribution >= 4 is 21.6 Å². The minimum atomic E-state index is -3.96. The van der Waals surface area contributed by atoms with Crippen LogP contribution in [0.2, 0.25) is 0 Å². The molecule has 0 saturated carbocycles. The summed E-state index contributed by atoms with van der Waals surface area (Å²) in [6.45, 7) is 5.68. The SMILES string of the molecule is Cc1ccc(S(=O)(=O)N(CC(=O)NCc2ccc3c(c2)OCO3)c2cc(C)ccc2C)cc1. The van der Waals surface area contributed by atoms with Crippen molar-refractivity contribution in [3.63, 3.8) is 0 Å². The van der Waals surface area contributed by atoms with Crippen LogP contribution in [0.25, 0.3) is 0 Å². The van der Waals surface area contributed by atoms with Crippen LogP contribution < -0.4 is 19.1 Å². The number of fused-ring (bicyclic) bond motifs is 1. The van der Waals surface area contributed by atoms with Gasteiger partial charge >= 0.3 is 0 Å². The molecule has 1 N–H and O–H groups in total. The first kappa shape index (κ1) is 22.7. The molecule has 1 aliphatic rings. The molecule has 8 heteroatoms. The Bertz CT molecular complexity index is 1290. The van der Waals surface area contributed by atoms with E-state index in [0.717, 1.165) is 22.3 Å². The molecule has 0 unspecified atom stereocenters. The van der Waals surface area contributed by atoms with Gasteiger partial charge in [-0.15, -0.1) is 0 Å². The van der Waals surface area contributed by atoms with Gasteiger partial charge in [0.1, 0.15) is 6.54 Å². The predicted molar refractivity (Wildman–Crippen MR) is 126 cm³/mol. The van der Waals surface area contributed by atoms with Crippen LogP contribution in [-0.4, -0.2) is 27.7 Å². The normalized spacial score (nSPS) is 12.5. The lowest BCUT2D eigenvalue weighted by molar-refractivity contribution is -0.119. The highest BCUT2D eigenvalue weighted by atomic mass is 32.2. The largest absolute Gasteiger partial charge is 0.454 e. The van der Waals surface area contributed by atoms with E-state index in [1.54, 1.807) is 42.5 Å². The molecule has 0 atom stereocenters. The summed E-state index contributed by atoms with van der Waals surface area (Å²) in [7, 11) is -3.96. The molecule has 33 heavy (non-hydrogen) atoms. The number of benzene rings is 3. The molecule has 0 aliphatic carbocycles. The summed E-state index contributed by atoms with van der Waals surface area (Å²) >= 11 is 0. The maximum absolute atomic E-state index is 13.6.